The number of ether oxygens (including phenoxy) is 2. The lowest BCUT2D eigenvalue weighted by atomic mass is 10.2. The fraction of sp³-hybridized carbons (Fsp3) is 0.462. The molecule has 0 fully saturated rings. The van der Waals surface area contributed by atoms with Gasteiger partial charge in [-0.05, 0) is 32.9 Å². The second kappa shape index (κ2) is 5.18. The first-order valence-electron chi connectivity index (χ1n) is 6.30. The Morgan fingerprint density at radius 3 is 2.62 bits per heavy atom. The van der Waals surface area contributed by atoms with Crippen molar-refractivity contribution in [1.29, 1.82) is 0 Å². The van der Waals surface area contributed by atoms with Crippen molar-refractivity contribution in [3.05, 3.63) is 18.2 Å². The van der Waals surface area contributed by atoms with E-state index in [4.69, 9.17) is 9.47 Å². The standard InChI is InChI=1S/C13H16FNO5S/c1-13(2,3)20-12(16)15-6-7-19-11-8-9(21(14,17)18)4-5-10(11)15/h4-5,8H,6-7H2,1-3H3. The van der Waals surface area contributed by atoms with Crippen molar-refractivity contribution in [1.82, 2.24) is 0 Å². The minimum absolute atomic E-state index is 0.130. The van der Waals surface area contributed by atoms with E-state index in [1.165, 1.54) is 11.0 Å². The largest absolute Gasteiger partial charge is 0.489 e. The van der Waals surface area contributed by atoms with Crippen molar-refractivity contribution in [2.45, 2.75) is 31.3 Å². The van der Waals surface area contributed by atoms with Crippen LogP contribution in [-0.4, -0.2) is 33.3 Å². The lowest BCUT2D eigenvalue weighted by Crippen LogP contribution is -2.41. The van der Waals surface area contributed by atoms with Crippen LogP contribution in [0.15, 0.2) is 23.1 Å². The van der Waals surface area contributed by atoms with Gasteiger partial charge in [-0.15, -0.1) is 3.89 Å². The lowest BCUT2D eigenvalue weighted by molar-refractivity contribution is 0.0567. The molecule has 1 aromatic rings. The van der Waals surface area contributed by atoms with Crippen LogP contribution in [0.3, 0.4) is 0 Å². The number of halogens is 1. The summed E-state index contributed by atoms with van der Waals surface area (Å²) < 4.78 is 45.3. The van der Waals surface area contributed by atoms with Crippen LogP contribution in [0.1, 0.15) is 20.8 Å². The van der Waals surface area contributed by atoms with Crippen molar-refractivity contribution < 1.29 is 26.6 Å². The molecule has 1 heterocycles. The van der Waals surface area contributed by atoms with Crippen LogP contribution in [0.5, 0.6) is 5.75 Å². The Hall–Kier alpha value is -1.83. The molecule has 0 radical (unpaired) electrons. The number of nitrogens with zero attached hydrogens (tertiary/aromatic N) is 1. The third-order valence-electron chi connectivity index (χ3n) is 2.69. The normalized spacial score (nSPS) is 15.1. The fourth-order valence-electron chi connectivity index (χ4n) is 1.86. The predicted octanol–water partition coefficient (Wildman–Crippen LogP) is 2.48. The van der Waals surface area contributed by atoms with Gasteiger partial charge >= 0.3 is 16.3 Å². The molecule has 1 aliphatic heterocycles. The van der Waals surface area contributed by atoms with Gasteiger partial charge in [0.15, 0.2) is 0 Å². The van der Waals surface area contributed by atoms with Gasteiger partial charge in [-0.25, -0.2) is 4.79 Å². The Labute approximate surface area is 122 Å². The van der Waals surface area contributed by atoms with Crippen molar-refractivity contribution >= 4 is 22.0 Å². The van der Waals surface area contributed by atoms with Crippen molar-refractivity contribution in [2.24, 2.45) is 0 Å². The molecule has 0 N–H and O–H groups in total. The van der Waals surface area contributed by atoms with Gasteiger partial charge in [0.1, 0.15) is 22.9 Å². The van der Waals surface area contributed by atoms with Crippen molar-refractivity contribution in [3.63, 3.8) is 0 Å². The summed E-state index contributed by atoms with van der Waals surface area (Å²) in [4.78, 5) is 12.9. The zero-order chi connectivity index (χ0) is 15.8. The van der Waals surface area contributed by atoms with Gasteiger partial charge in [0.25, 0.3) is 0 Å². The number of benzene rings is 1. The molecule has 1 amide bonds. The van der Waals surface area contributed by atoms with Gasteiger partial charge in [0.05, 0.1) is 12.2 Å². The first kappa shape index (κ1) is 15.6. The average molecular weight is 317 g/mol. The van der Waals surface area contributed by atoms with Crippen LogP contribution in [-0.2, 0) is 15.0 Å². The maximum atomic E-state index is 13.0. The first-order chi connectivity index (χ1) is 9.58. The Bertz CT molecular complexity index is 666. The lowest BCUT2D eigenvalue weighted by Gasteiger charge is -2.31. The van der Waals surface area contributed by atoms with E-state index in [0.29, 0.717) is 5.69 Å². The number of rotatable bonds is 1. The number of carbonyl (C=O) groups is 1. The van der Waals surface area contributed by atoms with Crippen molar-refractivity contribution in [3.8, 4) is 5.75 Å². The number of hydrogen-bond acceptors (Lipinski definition) is 5. The molecular weight excluding hydrogens is 301 g/mol. The summed E-state index contributed by atoms with van der Waals surface area (Å²) in [5, 5.41) is 0. The molecule has 0 saturated heterocycles. The van der Waals surface area contributed by atoms with E-state index in [9.17, 15) is 17.1 Å². The van der Waals surface area contributed by atoms with E-state index in [1.54, 1.807) is 20.8 Å². The number of fused-ring (bicyclic) bond motifs is 1. The molecule has 21 heavy (non-hydrogen) atoms. The van der Waals surface area contributed by atoms with E-state index in [-0.39, 0.29) is 18.9 Å². The maximum absolute atomic E-state index is 13.0. The minimum atomic E-state index is -4.82. The van der Waals surface area contributed by atoms with E-state index < -0.39 is 26.8 Å². The molecular formula is C13H16FNO5S. The summed E-state index contributed by atoms with van der Waals surface area (Å²) in [6.45, 7) is 5.66. The topological polar surface area (TPSA) is 72.9 Å². The summed E-state index contributed by atoms with van der Waals surface area (Å²) in [5.74, 6) is 0.130. The van der Waals surface area contributed by atoms with Gasteiger partial charge in [0, 0.05) is 6.07 Å². The zero-order valence-electron chi connectivity index (χ0n) is 11.9. The maximum Gasteiger partial charge on any atom is 0.415 e. The smallest absolute Gasteiger partial charge is 0.415 e. The molecule has 6 nitrogen and oxygen atoms in total. The molecule has 0 spiro atoms. The fourth-order valence-corrected chi connectivity index (χ4v) is 2.34. The van der Waals surface area contributed by atoms with E-state index in [2.05, 4.69) is 0 Å². The predicted molar refractivity (Wildman–Crippen MR) is 73.8 cm³/mol. The molecule has 116 valence electrons. The molecule has 0 aromatic heterocycles. The highest BCUT2D eigenvalue weighted by atomic mass is 32.3. The zero-order valence-corrected chi connectivity index (χ0v) is 12.7. The van der Waals surface area contributed by atoms with E-state index in [0.717, 1.165) is 12.1 Å². The summed E-state index contributed by atoms with van der Waals surface area (Å²) in [6.07, 6.45) is -0.567. The molecule has 2 rings (SSSR count). The van der Waals surface area contributed by atoms with Gasteiger partial charge in [-0.2, -0.15) is 8.42 Å². The molecule has 8 heteroatoms. The second-order valence-electron chi connectivity index (χ2n) is 5.55. The monoisotopic (exact) mass is 317 g/mol. The molecule has 0 unspecified atom stereocenters. The third kappa shape index (κ3) is 3.63. The Morgan fingerprint density at radius 1 is 1.38 bits per heavy atom. The van der Waals surface area contributed by atoms with E-state index in [1.807, 2.05) is 0 Å². The number of hydrogen-bond donors (Lipinski definition) is 0. The van der Waals surface area contributed by atoms with Crippen LogP contribution in [0.4, 0.5) is 14.4 Å². The van der Waals surface area contributed by atoms with E-state index >= 15 is 0 Å². The Morgan fingerprint density at radius 2 is 2.05 bits per heavy atom. The van der Waals surface area contributed by atoms with Gasteiger partial charge < -0.3 is 9.47 Å². The molecule has 1 aliphatic rings. The Kier molecular flexibility index (Phi) is 3.83. The highest BCUT2D eigenvalue weighted by Gasteiger charge is 2.29. The van der Waals surface area contributed by atoms with Crippen LogP contribution in [0, 0.1) is 0 Å². The first-order valence-corrected chi connectivity index (χ1v) is 7.68. The molecule has 0 bridgehead atoms. The summed E-state index contributed by atoms with van der Waals surface area (Å²) in [7, 11) is -4.82. The summed E-state index contributed by atoms with van der Waals surface area (Å²) in [5.41, 5.74) is -0.305. The van der Waals surface area contributed by atoms with Gasteiger partial charge in [0.2, 0.25) is 0 Å². The second-order valence-corrected chi connectivity index (χ2v) is 6.89. The quantitative estimate of drug-likeness (QED) is 0.744. The summed E-state index contributed by atoms with van der Waals surface area (Å²) >= 11 is 0. The van der Waals surface area contributed by atoms with Crippen molar-refractivity contribution in [2.75, 3.05) is 18.1 Å². The molecule has 1 aromatic carbocycles. The Balaban J connectivity index is 2.34. The van der Waals surface area contributed by atoms with Gasteiger partial charge in [-0.1, -0.05) is 0 Å². The van der Waals surface area contributed by atoms with Crippen LogP contribution in [0.2, 0.25) is 0 Å². The molecule has 0 atom stereocenters. The number of anilines is 1. The van der Waals surface area contributed by atoms with Gasteiger partial charge in [-0.3, -0.25) is 4.90 Å². The molecule has 0 saturated carbocycles. The number of carbonyl (C=O) groups excluding carboxylic acids is 1. The van der Waals surface area contributed by atoms with Crippen LogP contribution < -0.4 is 9.64 Å². The van der Waals surface area contributed by atoms with Crippen LogP contribution >= 0.6 is 0 Å². The SMILES string of the molecule is CC(C)(C)OC(=O)N1CCOc2cc(S(=O)(=O)F)ccc21. The number of amides is 1. The summed E-state index contributed by atoms with van der Waals surface area (Å²) in [6, 6.07) is 3.46. The minimum Gasteiger partial charge on any atom is -0.489 e. The average Bonchev–Trinajstić information content (AvgIpc) is 2.34. The third-order valence-corrected chi connectivity index (χ3v) is 3.51. The highest BCUT2D eigenvalue weighted by Crippen LogP contribution is 2.34. The molecule has 0 aliphatic carbocycles. The highest BCUT2D eigenvalue weighted by molar-refractivity contribution is 7.86. The van der Waals surface area contributed by atoms with Crippen LogP contribution in [0.25, 0.3) is 0 Å².